The Kier molecular flexibility index (Phi) is 7.34. The van der Waals surface area contributed by atoms with E-state index in [1.54, 1.807) is 48.8 Å². The van der Waals surface area contributed by atoms with Crippen molar-refractivity contribution >= 4 is 29.3 Å². The second-order valence-electron chi connectivity index (χ2n) is 7.28. The van der Waals surface area contributed by atoms with E-state index >= 15 is 0 Å². The number of aromatic nitrogens is 2. The molecule has 1 heterocycles. The molecule has 0 aliphatic heterocycles. The number of hydrogen-bond acceptors (Lipinski definition) is 4. The van der Waals surface area contributed by atoms with Crippen molar-refractivity contribution in [1.82, 2.24) is 14.9 Å². The lowest BCUT2D eigenvalue weighted by Crippen LogP contribution is -2.22. The lowest BCUT2D eigenvalue weighted by Gasteiger charge is -2.10. The molecule has 9 heteroatoms. The molecule has 0 aliphatic carbocycles. The number of carbonyl (C=O) groups is 2. The maximum atomic E-state index is 13.0. The number of hydrogen-bond donors (Lipinski definition) is 2. The van der Waals surface area contributed by atoms with Crippen LogP contribution in [0.25, 0.3) is 5.69 Å². The van der Waals surface area contributed by atoms with Crippen molar-refractivity contribution in [3.8, 4) is 5.69 Å². The number of nitrogens with one attached hydrogen (secondary N) is 2. The Morgan fingerprint density at radius 1 is 0.882 bits per heavy atom. The number of amides is 2. The first-order valence-electron chi connectivity index (χ1n) is 10.3. The van der Waals surface area contributed by atoms with Crippen molar-refractivity contribution < 1.29 is 18.4 Å². The van der Waals surface area contributed by atoms with Crippen LogP contribution in [0.3, 0.4) is 0 Å². The van der Waals surface area contributed by atoms with Crippen LogP contribution in [0.1, 0.15) is 15.9 Å². The summed E-state index contributed by atoms with van der Waals surface area (Å²) in [7, 11) is 0. The third-order valence-corrected chi connectivity index (χ3v) is 5.81. The number of rotatable bonds is 8. The summed E-state index contributed by atoms with van der Waals surface area (Å²) in [5, 5.41) is 6.13. The van der Waals surface area contributed by atoms with Crippen molar-refractivity contribution in [3.63, 3.8) is 0 Å². The molecule has 0 radical (unpaired) electrons. The molecule has 2 amide bonds. The van der Waals surface area contributed by atoms with E-state index in [1.807, 2.05) is 4.57 Å². The molecule has 3 aromatic carbocycles. The SMILES string of the molecule is O=C(CSc1nccn1-c1ccc(C(=O)NCc2ccc(F)cc2)cc1)Nc1ccc(F)cc1. The summed E-state index contributed by atoms with van der Waals surface area (Å²) in [5.41, 5.74) is 2.59. The highest BCUT2D eigenvalue weighted by Crippen LogP contribution is 2.21. The normalized spacial score (nSPS) is 10.6. The molecule has 0 bridgehead atoms. The van der Waals surface area contributed by atoms with E-state index in [-0.39, 0.29) is 29.2 Å². The predicted molar refractivity (Wildman–Crippen MR) is 127 cm³/mol. The molecule has 0 spiro atoms. The minimum Gasteiger partial charge on any atom is -0.348 e. The molecule has 0 unspecified atom stereocenters. The number of halogens is 2. The second-order valence-corrected chi connectivity index (χ2v) is 8.22. The van der Waals surface area contributed by atoms with Crippen LogP contribution in [0.4, 0.5) is 14.5 Å². The minimum absolute atomic E-state index is 0.123. The lowest BCUT2D eigenvalue weighted by atomic mass is 10.1. The molecule has 4 rings (SSSR count). The van der Waals surface area contributed by atoms with Crippen molar-refractivity contribution in [2.75, 3.05) is 11.1 Å². The number of anilines is 1. The van der Waals surface area contributed by atoms with Gasteiger partial charge in [0.15, 0.2) is 5.16 Å². The summed E-state index contributed by atoms with van der Waals surface area (Å²) < 4.78 is 27.8. The molecule has 0 saturated carbocycles. The van der Waals surface area contributed by atoms with Gasteiger partial charge in [-0.15, -0.1) is 0 Å². The van der Waals surface area contributed by atoms with Gasteiger partial charge in [0.1, 0.15) is 11.6 Å². The van der Waals surface area contributed by atoms with Crippen LogP contribution < -0.4 is 10.6 Å². The molecule has 0 aliphatic rings. The zero-order chi connectivity index (χ0) is 23.9. The molecule has 0 saturated heterocycles. The van der Waals surface area contributed by atoms with Gasteiger partial charge >= 0.3 is 0 Å². The maximum Gasteiger partial charge on any atom is 0.251 e. The fourth-order valence-corrected chi connectivity index (χ4v) is 3.89. The van der Waals surface area contributed by atoms with Gasteiger partial charge in [-0.1, -0.05) is 23.9 Å². The van der Waals surface area contributed by atoms with E-state index in [0.717, 1.165) is 11.3 Å². The van der Waals surface area contributed by atoms with E-state index in [1.165, 1.54) is 48.2 Å². The van der Waals surface area contributed by atoms with Crippen LogP contribution in [0, 0.1) is 11.6 Å². The summed E-state index contributed by atoms with van der Waals surface area (Å²) in [6.45, 7) is 0.295. The Labute approximate surface area is 199 Å². The molecule has 2 N–H and O–H groups in total. The van der Waals surface area contributed by atoms with Gasteiger partial charge < -0.3 is 10.6 Å². The van der Waals surface area contributed by atoms with E-state index in [9.17, 15) is 18.4 Å². The van der Waals surface area contributed by atoms with E-state index < -0.39 is 0 Å². The van der Waals surface area contributed by atoms with Gasteiger partial charge in [0, 0.05) is 35.9 Å². The van der Waals surface area contributed by atoms with Crippen LogP contribution in [-0.4, -0.2) is 27.1 Å². The standard InChI is InChI=1S/C25H20F2N4O2S/c26-19-5-1-17(2-6-19)15-29-24(33)18-3-11-22(12-4-18)31-14-13-28-25(31)34-16-23(32)30-21-9-7-20(27)8-10-21/h1-14H,15-16H2,(H,29,33)(H,30,32). The molecule has 0 atom stereocenters. The van der Waals surface area contributed by atoms with Crippen molar-refractivity contribution in [1.29, 1.82) is 0 Å². The average molecular weight is 479 g/mol. The number of thioether (sulfide) groups is 1. The Morgan fingerprint density at radius 3 is 2.21 bits per heavy atom. The fourth-order valence-electron chi connectivity index (χ4n) is 3.11. The number of carbonyl (C=O) groups excluding carboxylic acids is 2. The minimum atomic E-state index is -0.370. The topological polar surface area (TPSA) is 76.0 Å². The smallest absolute Gasteiger partial charge is 0.251 e. The molecule has 1 aromatic heterocycles. The zero-order valence-electron chi connectivity index (χ0n) is 17.9. The number of imidazole rings is 1. The van der Waals surface area contributed by atoms with Crippen LogP contribution in [0.2, 0.25) is 0 Å². The Balaban J connectivity index is 1.33. The van der Waals surface area contributed by atoms with E-state index in [2.05, 4.69) is 15.6 Å². The van der Waals surface area contributed by atoms with Crippen LogP contribution in [0.15, 0.2) is 90.3 Å². The molecular weight excluding hydrogens is 458 g/mol. The average Bonchev–Trinajstić information content (AvgIpc) is 3.32. The van der Waals surface area contributed by atoms with Gasteiger partial charge in [-0.3, -0.25) is 14.2 Å². The first-order valence-corrected chi connectivity index (χ1v) is 11.3. The third-order valence-electron chi connectivity index (χ3n) is 4.84. The summed E-state index contributed by atoms with van der Waals surface area (Å²) in [4.78, 5) is 28.9. The first kappa shape index (κ1) is 23.2. The van der Waals surface area contributed by atoms with Crippen LogP contribution in [0.5, 0.6) is 0 Å². The van der Waals surface area contributed by atoms with Crippen molar-refractivity contribution in [2.45, 2.75) is 11.7 Å². The highest BCUT2D eigenvalue weighted by molar-refractivity contribution is 7.99. The third kappa shape index (κ3) is 6.08. The summed E-state index contributed by atoms with van der Waals surface area (Å²) in [6.07, 6.45) is 3.40. The number of benzene rings is 3. The Hall–Kier alpha value is -3.98. The van der Waals surface area contributed by atoms with Crippen LogP contribution >= 0.6 is 11.8 Å². The summed E-state index contributed by atoms with van der Waals surface area (Å²) >= 11 is 1.26. The first-order chi connectivity index (χ1) is 16.5. The highest BCUT2D eigenvalue weighted by Gasteiger charge is 2.11. The largest absolute Gasteiger partial charge is 0.348 e. The maximum absolute atomic E-state index is 13.0. The van der Waals surface area contributed by atoms with Gasteiger partial charge in [-0.2, -0.15) is 0 Å². The van der Waals surface area contributed by atoms with Crippen LogP contribution in [-0.2, 0) is 11.3 Å². The molecule has 34 heavy (non-hydrogen) atoms. The van der Waals surface area contributed by atoms with Crippen molar-refractivity contribution in [2.24, 2.45) is 0 Å². The summed E-state index contributed by atoms with van der Waals surface area (Å²) in [6, 6.07) is 18.5. The predicted octanol–water partition coefficient (Wildman–Crippen LogP) is 4.81. The Bertz CT molecular complexity index is 1270. The second kappa shape index (κ2) is 10.8. The molecule has 0 fully saturated rings. The molecule has 6 nitrogen and oxygen atoms in total. The lowest BCUT2D eigenvalue weighted by molar-refractivity contribution is -0.113. The monoisotopic (exact) mass is 478 g/mol. The molecule has 4 aromatic rings. The van der Waals surface area contributed by atoms with Crippen molar-refractivity contribution in [3.05, 3.63) is 108 Å². The van der Waals surface area contributed by atoms with E-state index in [0.29, 0.717) is 23.0 Å². The molecular formula is C25H20F2N4O2S. The Morgan fingerprint density at radius 2 is 1.53 bits per heavy atom. The van der Waals surface area contributed by atoms with Gasteiger partial charge in [0.05, 0.1) is 5.75 Å². The molecule has 172 valence electrons. The quantitative estimate of drug-likeness (QED) is 0.357. The van der Waals surface area contributed by atoms with E-state index in [4.69, 9.17) is 0 Å². The van der Waals surface area contributed by atoms with Gasteiger partial charge in [0.25, 0.3) is 5.91 Å². The zero-order valence-corrected chi connectivity index (χ0v) is 18.7. The van der Waals surface area contributed by atoms with Gasteiger partial charge in [-0.05, 0) is 66.2 Å². The fraction of sp³-hybridized carbons (Fsp3) is 0.0800. The van der Waals surface area contributed by atoms with Gasteiger partial charge in [-0.25, -0.2) is 13.8 Å². The van der Waals surface area contributed by atoms with Gasteiger partial charge in [0.2, 0.25) is 5.91 Å². The number of nitrogens with zero attached hydrogens (tertiary/aromatic N) is 2. The highest BCUT2D eigenvalue weighted by atomic mass is 32.2. The summed E-state index contributed by atoms with van der Waals surface area (Å²) in [5.74, 6) is -1.05.